The molecule has 6 nitrogen and oxygen atoms in total. The van der Waals surface area contributed by atoms with Crippen molar-refractivity contribution in [1.82, 2.24) is 10.2 Å². The van der Waals surface area contributed by atoms with Crippen LogP contribution in [0.15, 0.2) is 54.6 Å². The zero-order valence-corrected chi connectivity index (χ0v) is 17.3. The molecule has 2 aromatic rings. The third kappa shape index (κ3) is 5.15. The van der Waals surface area contributed by atoms with Gasteiger partial charge in [0.25, 0.3) is 0 Å². The highest BCUT2D eigenvalue weighted by molar-refractivity contribution is 5.77. The smallest absolute Gasteiger partial charge is 0.246 e. The van der Waals surface area contributed by atoms with E-state index in [1.54, 1.807) is 14.0 Å². The molecule has 29 heavy (non-hydrogen) atoms. The van der Waals surface area contributed by atoms with E-state index in [2.05, 4.69) is 10.2 Å². The Morgan fingerprint density at radius 2 is 1.86 bits per heavy atom. The third-order valence-corrected chi connectivity index (χ3v) is 5.56. The van der Waals surface area contributed by atoms with Crippen LogP contribution in [0.4, 0.5) is 0 Å². The van der Waals surface area contributed by atoms with Crippen molar-refractivity contribution in [2.75, 3.05) is 27.4 Å². The molecule has 3 rings (SSSR count). The van der Waals surface area contributed by atoms with Crippen molar-refractivity contribution < 1.29 is 19.4 Å². The number of rotatable bonds is 7. The van der Waals surface area contributed by atoms with E-state index in [-0.39, 0.29) is 18.6 Å². The van der Waals surface area contributed by atoms with E-state index in [1.165, 1.54) is 7.11 Å². The molecular formula is C23H30N2O4. The van der Waals surface area contributed by atoms with Gasteiger partial charge in [-0.25, -0.2) is 0 Å². The molecule has 0 aliphatic carbocycles. The van der Waals surface area contributed by atoms with Crippen LogP contribution in [0.2, 0.25) is 0 Å². The summed E-state index contributed by atoms with van der Waals surface area (Å²) >= 11 is 0. The molecule has 1 saturated heterocycles. The fraction of sp³-hybridized carbons (Fsp3) is 0.435. The minimum atomic E-state index is -1.03. The summed E-state index contributed by atoms with van der Waals surface area (Å²) in [4.78, 5) is 14.6. The van der Waals surface area contributed by atoms with Crippen LogP contribution >= 0.6 is 0 Å². The molecule has 0 bridgehead atoms. The fourth-order valence-electron chi connectivity index (χ4n) is 3.99. The van der Waals surface area contributed by atoms with Gasteiger partial charge in [0.1, 0.15) is 12.4 Å². The predicted octanol–water partition coefficient (Wildman–Crippen LogP) is 2.52. The maximum absolute atomic E-state index is 12.3. The number of nitrogens with zero attached hydrogens (tertiary/aromatic N) is 1. The molecule has 0 spiro atoms. The molecule has 1 fully saturated rings. The number of piperidine rings is 1. The van der Waals surface area contributed by atoms with Crippen LogP contribution in [0.25, 0.3) is 0 Å². The highest BCUT2D eigenvalue weighted by atomic mass is 16.5. The van der Waals surface area contributed by atoms with Crippen molar-refractivity contribution in [3.63, 3.8) is 0 Å². The number of carbonyl (C=O) groups excluding carboxylic acids is 1. The first-order valence-corrected chi connectivity index (χ1v) is 9.87. The van der Waals surface area contributed by atoms with Crippen molar-refractivity contribution in [2.24, 2.45) is 0 Å². The van der Waals surface area contributed by atoms with Crippen LogP contribution in [0.3, 0.4) is 0 Å². The first-order chi connectivity index (χ1) is 13.9. The number of amides is 1. The van der Waals surface area contributed by atoms with E-state index in [0.29, 0.717) is 13.0 Å². The summed E-state index contributed by atoms with van der Waals surface area (Å²) < 4.78 is 10.2. The fourth-order valence-corrected chi connectivity index (χ4v) is 3.99. The van der Waals surface area contributed by atoms with E-state index in [4.69, 9.17) is 9.47 Å². The van der Waals surface area contributed by atoms with Crippen LogP contribution in [-0.2, 0) is 16.1 Å². The zero-order chi connectivity index (χ0) is 20.9. The second-order valence-electron chi connectivity index (χ2n) is 7.76. The molecule has 3 atom stereocenters. The topological polar surface area (TPSA) is 71.0 Å². The lowest BCUT2D eigenvalue weighted by Gasteiger charge is -2.49. The number of benzene rings is 2. The molecule has 2 aromatic carbocycles. The summed E-state index contributed by atoms with van der Waals surface area (Å²) in [6.07, 6.45) is 0.560. The van der Waals surface area contributed by atoms with Gasteiger partial charge in [-0.05, 0) is 36.6 Å². The highest BCUT2D eigenvalue weighted by Crippen LogP contribution is 2.38. The molecule has 3 unspecified atom stereocenters. The van der Waals surface area contributed by atoms with Gasteiger partial charge in [-0.3, -0.25) is 9.69 Å². The first kappa shape index (κ1) is 21.3. The number of nitrogens with one attached hydrogen (secondary N) is 1. The monoisotopic (exact) mass is 398 g/mol. The Morgan fingerprint density at radius 3 is 2.48 bits per heavy atom. The molecule has 1 aliphatic rings. The Bertz CT molecular complexity index is 792. The standard InChI is InChI=1S/C23H30N2O4/c1-23(27)13-14-25(15-17-9-11-19(29-3)12-10-17)21(18-7-5-4-6-8-18)22(23)24-20(26)16-28-2/h4-12,21-22,27H,13-16H2,1-3H3,(H,24,26). The van der Waals surface area contributed by atoms with Gasteiger partial charge in [-0.15, -0.1) is 0 Å². The molecule has 156 valence electrons. The minimum absolute atomic E-state index is 0.0351. The average Bonchev–Trinajstić information content (AvgIpc) is 2.72. The molecule has 0 radical (unpaired) electrons. The maximum atomic E-state index is 12.3. The number of hydrogen-bond donors (Lipinski definition) is 2. The number of hydrogen-bond acceptors (Lipinski definition) is 5. The lowest BCUT2D eigenvalue weighted by Crippen LogP contribution is -2.62. The van der Waals surface area contributed by atoms with Gasteiger partial charge in [0.2, 0.25) is 5.91 Å². The molecule has 1 amide bonds. The highest BCUT2D eigenvalue weighted by Gasteiger charge is 2.46. The van der Waals surface area contributed by atoms with Crippen LogP contribution in [0.5, 0.6) is 5.75 Å². The van der Waals surface area contributed by atoms with Crippen molar-refractivity contribution in [3.05, 3.63) is 65.7 Å². The Morgan fingerprint density at radius 1 is 1.17 bits per heavy atom. The number of ether oxygens (including phenoxy) is 2. The van der Waals surface area contributed by atoms with E-state index in [9.17, 15) is 9.90 Å². The predicted molar refractivity (Wildman–Crippen MR) is 112 cm³/mol. The SMILES string of the molecule is COCC(=O)NC1C(c2ccccc2)N(Cc2ccc(OC)cc2)CCC1(C)O. The van der Waals surface area contributed by atoms with E-state index in [1.807, 2.05) is 54.6 Å². The van der Waals surface area contributed by atoms with Crippen LogP contribution in [0.1, 0.15) is 30.5 Å². The van der Waals surface area contributed by atoms with Crippen molar-refractivity contribution in [2.45, 2.75) is 37.6 Å². The molecule has 2 N–H and O–H groups in total. The summed E-state index contributed by atoms with van der Waals surface area (Å²) in [6.45, 7) is 3.18. The van der Waals surface area contributed by atoms with Gasteiger partial charge in [-0.1, -0.05) is 42.5 Å². The number of methoxy groups -OCH3 is 2. The van der Waals surface area contributed by atoms with Gasteiger partial charge in [0.15, 0.2) is 0 Å². The summed E-state index contributed by atoms with van der Waals surface area (Å²) in [5, 5.41) is 14.2. The quantitative estimate of drug-likeness (QED) is 0.750. The largest absolute Gasteiger partial charge is 0.497 e. The normalized spacial score (nSPS) is 24.8. The first-order valence-electron chi connectivity index (χ1n) is 9.87. The Kier molecular flexibility index (Phi) is 6.90. The summed E-state index contributed by atoms with van der Waals surface area (Å²) in [7, 11) is 3.14. The van der Waals surface area contributed by atoms with E-state index in [0.717, 1.165) is 23.4 Å². The molecule has 1 aliphatic heterocycles. The maximum Gasteiger partial charge on any atom is 0.246 e. The number of carbonyl (C=O) groups is 1. The van der Waals surface area contributed by atoms with E-state index < -0.39 is 11.6 Å². The van der Waals surface area contributed by atoms with Gasteiger partial charge in [0.05, 0.1) is 24.8 Å². The molecule has 6 heteroatoms. The minimum Gasteiger partial charge on any atom is -0.497 e. The lowest BCUT2D eigenvalue weighted by molar-refractivity contribution is -0.132. The number of aliphatic hydroxyl groups is 1. The second-order valence-corrected chi connectivity index (χ2v) is 7.76. The summed E-state index contributed by atoms with van der Waals surface area (Å²) in [5.74, 6) is 0.588. The van der Waals surface area contributed by atoms with Crippen LogP contribution in [0, 0.1) is 0 Å². The molecule has 0 saturated carbocycles. The Labute approximate surface area is 172 Å². The van der Waals surface area contributed by atoms with Crippen LogP contribution in [-0.4, -0.2) is 54.9 Å². The van der Waals surface area contributed by atoms with Crippen molar-refractivity contribution in [3.8, 4) is 5.75 Å². The molecule has 0 aromatic heterocycles. The van der Waals surface area contributed by atoms with Gasteiger partial charge in [0, 0.05) is 20.2 Å². The lowest BCUT2D eigenvalue weighted by atomic mass is 9.79. The van der Waals surface area contributed by atoms with Gasteiger partial charge < -0.3 is 19.9 Å². The number of likely N-dealkylation sites (tertiary alicyclic amines) is 1. The third-order valence-electron chi connectivity index (χ3n) is 5.56. The Hall–Kier alpha value is -2.41. The zero-order valence-electron chi connectivity index (χ0n) is 17.3. The Balaban J connectivity index is 1.92. The molecule has 1 heterocycles. The van der Waals surface area contributed by atoms with Crippen molar-refractivity contribution >= 4 is 5.91 Å². The summed E-state index contributed by atoms with van der Waals surface area (Å²) in [6, 6.07) is 17.4. The second kappa shape index (κ2) is 9.39. The summed E-state index contributed by atoms with van der Waals surface area (Å²) in [5.41, 5.74) is 1.18. The average molecular weight is 399 g/mol. The van der Waals surface area contributed by atoms with Crippen LogP contribution < -0.4 is 10.1 Å². The van der Waals surface area contributed by atoms with Gasteiger partial charge in [-0.2, -0.15) is 0 Å². The van der Waals surface area contributed by atoms with Crippen molar-refractivity contribution in [1.29, 1.82) is 0 Å². The van der Waals surface area contributed by atoms with Gasteiger partial charge >= 0.3 is 0 Å². The molecular weight excluding hydrogens is 368 g/mol. The van der Waals surface area contributed by atoms with E-state index >= 15 is 0 Å².